The van der Waals surface area contributed by atoms with Gasteiger partial charge in [-0.25, -0.2) is 0 Å². The molecule has 0 saturated heterocycles. The molecule has 1 aliphatic rings. The second-order valence-electron chi connectivity index (χ2n) is 6.69. The van der Waals surface area contributed by atoms with E-state index in [1.165, 1.54) is 27.8 Å². The molecule has 4 aromatic carbocycles. The third-order valence-corrected chi connectivity index (χ3v) is 5.16. The molecule has 0 amide bonds. The second-order valence-corrected chi connectivity index (χ2v) is 6.69. The van der Waals surface area contributed by atoms with E-state index in [-0.39, 0.29) is 5.92 Å². The van der Waals surface area contributed by atoms with Gasteiger partial charge in [0.05, 0.1) is 0 Å². The molecule has 1 nitrogen and oxygen atoms in total. The Kier molecular flexibility index (Phi) is 3.57. The van der Waals surface area contributed by atoms with Crippen molar-refractivity contribution in [3.8, 4) is 11.1 Å². The Labute approximate surface area is 154 Å². The van der Waals surface area contributed by atoms with Gasteiger partial charge in [-0.15, -0.1) is 0 Å². The molecular weight excluding hydrogens is 314 g/mol. The predicted molar refractivity (Wildman–Crippen MR) is 109 cm³/mol. The summed E-state index contributed by atoms with van der Waals surface area (Å²) in [6.45, 7) is 0. The first-order valence-electron chi connectivity index (χ1n) is 9.01. The van der Waals surface area contributed by atoms with Crippen LogP contribution in [-0.2, 0) is 0 Å². The van der Waals surface area contributed by atoms with Gasteiger partial charge in [-0.3, -0.25) is 0 Å². The molecule has 0 aromatic heterocycles. The van der Waals surface area contributed by atoms with Crippen molar-refractivity contribution < 1.29 is 0 Å². The third-order valence-electron chi connectivity index (χ3n) is 5.16. The quantitative estimate of drug-likeness (QED) is 0.393. The molecule has 0 bridgehead atoms. The molecule has 0 spiro atoms. The summed E-state index contributed by atoms with van der Waals surface area (Å²) in [5.41, 5.74) is 9.06. The molecule has 1 heteroatoms. The normalized spacial score (nSPS) is 12.5. The lowest BCUT2D eigenvalue weighted by molar-refractivity contribution is 1.02. The largest absolute Gasteiger partial charge is 0.355 e. The second kappa shape index (κ2) is 6.20. The van der Waals surface area contributed by atoms with Gasteiger partial charge in [0.15, 0.2) is 0 Å². The van der Waals surface area contributed by atoms with Crippen molar-refractivity contribution in [3.05, 3.63) is 120 Å². The fraction of sp³-hybridized carbons (Fsp3) is 0.0400. The standard InChI is InChI=1S/C25H19N/c1-2-10-18(11-3-1)26-24-17-9-8-16-23(24)25-21-14-6-4-12-19(21)20-13-5-7-15-22(20)25/h1-17,25-26H. The number of rotatable bonds is 3. The van der Waals surface area contributed by atoms with Crippen LogP contribution in [0.2, 0.25) is 0 Å². The van der Waals surface area contributed by atoms with E-state index >= 15 is 0 Å². The van der Waals surface area contributed by atoms with Crippen LogP contribution in [0, 0.1) is 0 Å². The third kappa shape index (κ3) is 2.41. The Balaban J connectivity index is 1.67. The van der Waals surface area contributed by atoms with Crippen LogP contribution in [-0.4, -0.2) is 0 Å². The summed E-state index contributed by atoms with van der Waals surface area (Å²) in [6, 6.07) is 36.6. The van der Waals surface area contributed by atoms with E-state index in [4.69, 9.17) is 0 Å². The maximum Gasteiger partial charge on any atom is 0.0426 e. The SMILES string of the molecule is c1ccc(Nc2ccccc2C2c3ccccc3-c3ccccc32)cc1. The molecule has 0 atom stereocenters. The first kappa shape index (κ1) is 15.0. The van der Waals surface area contributed by atoms with Gasteiger partial charge in [0.1, 0.15) is 0 Å². The van der Waals surface area contributed by atoms with E-state index in [2.05, 4.69) is 102 Å². The van der Waals surface area contributed by atoms with Gasteiger partial charge in [0, 0.05) is 17.3 Å². The van der Waals surface area contributed by atoms with E-state index < -0.39 is 0 Å². The zero-order valence-corrected chi connectivity index (χ0v) is 14.4. The summed E-state index contributed by atoms with van der Waals surface area (Å²) in [6.07, 6.45) is 0. The minimum absolute atomic E-state index is 0.259. The minimum atomic E-state index is 0.259. The number of para-hydroxylation sites is 2. The van der Waals surface area contributed by atoms with Crippen molar-refractivity contribution in [2.75, 3.05) is 5.32 Å². The average Bonchev–Trinajstić information content (AvgIpc) is 3.04. The Hall–Kier alpha value is -3.32. The zero-order valence-electron chi connectivity index (χ0n) is 14.4. The van der Waals surface area contributed by atoms with Gasteiger partial charge < -0.3 is 5.32 Å². The molecule has 1 N–H and O–H groups in total. The van der Waals surface area contributed by atoms with E-state index in [1.54, 1.807) is 0 Å². The first-order valence-corrected chi connectivity index (χ1v) is 9.01. The van der Waals surface area contributed by atoms with Crippen molar-refractivity contribution in [2.24, 2.45) is 0 Å². The highest BCUT2D eigenvalue weighted by atomic mass is 14.9. The Morgan fingerprint density at radius 2 is 0.962 bits per heavy atom. The molecule has 4 aromatic rings. The lowest BCUT2D eigenvalue weighted by Gasteiger charge is -2.19. The maximum atomic E-state index is 3.61. The van der Waals surface area contributed by atoms with Crippen molar-refractivity contribution in [2.45, 2.75) is 5.92 Å². The van der Waals surface area contributed by atoms with Gasteiger partial charge in [-0.2, -0.15) is 0 Å². The number of hydrogen-bond acceptors (Lipinski definition) is 1. The summed E-state index contributed by atoms with van der Waals surface area (Å²) >= 11 is 0. The van der Waals surface area contributed by atoms with Crippen molar-refractivity contribution in [1.29, 1.82) is 0 Å². The van der Waals surface area contributed by atoms with Crippen LogP contribution in [0.5, 0.6) is 0 Å². The van der Waals surface area contributed by atoms with E-state index in [0.29, 0.717) is 0 Å². The Morgan fingerprint density at radius 1 is 0.462 bits per heavy atom. The monoisotopic (exact) mass is 333 g/mol. The number of benzene rings is 4. The van der Waals surface area contributed by atoms with Crippen LogP contribution in [0.1, 0.15) is 22.6 Å². The maximum absolute atomic E-state index is 3.61. The number of hydrogen-bond donors (Lipinski definition) is 1. The number of nitrogens with one attached hydrogen (secondary N) is 1. The molecule has 1 aliphatic carbocycles. The van der Waals surface area contributed by atoms with Crippen molar-refractivity contribution in [3.63, 3.8) is 0 Å². The predicted octanol–water partition coefficient (Wildman–Crippen LogP) is 6.59. The highest BCUT2D eigenvalue weighted by Gasteiger charge is 2.30. The van der Waals surface area contributed by atoms with Crippen LogP contribution in [0.3, 0.4) is 0 Å². The van der Waals surface area contributed by atoms with Crippen LogP contribution in [0.4, 0.5) is 11.4 Å². The van der Waals surface area contributed by atoms with Crippen molar-refractivity contribution >= 4 is 11.4 Å². The summed E-state index contributed by atoms with van der Waals surface area (Å²) in [5, 5.41) is 3.61. The van der Waals surface area contributed by atoms with Gasteiger partial charge in [0.2, 0.25) is 0 Å². The molecule has 0 heterocycles. The van der Waals surface area contributed by atoms with Gasteiger partial charge >= 0.3 is 0 Å². The summed E-state index contributed by atoms with van der Waals surface area (Å²) in [5.74, 6) is 0.259. The summed E-state index contributed by atoms with van der Waals surface area (Å²) in [7, 11) is 0. The van der Waals surface area contributed by atoms with Crippen LogP contribution in [0.25, 0.3) is 11.1 Å². The van der Waals surface area contributed by atoms with Gasteiger partial charge in [-0.1, -0.05) is 84.9 Å². The minimum Gasteiger partial charge on any atom is -0.355 e. The molecular formula is C25H19N. The molecule has 26 heavy (non-hydrogen) atoms. The summed E-state index contributed by atoms with van der Waals surface area (Å²) < 4.78 is 0. The molecule has 0 unspecified atom stereocenters. The van der Waals surface area contributed by atoms with Crippen LogP contribution in [0.15, 0.2) is 103 Å². The molecule has 5 rings (SSSR count). The highest BCUT2D eigenvalue weighted by molar-refractivity contribution is 5.82. The fourth-order valence-electron chi connectivity index (χ4n) is 4.03. The molecule has 0 aliphatic heterocycles. The lowest BCUT2D eigenvalue weighted by Crippen LogP contribution is -2.03. The van der Waals surface area contributed by atoms with Crippen LogP contribution < -0.4 is 5.32 Å². The van der Waals surface area contributed by atoms with E-state index in [0.717, 1.165) is 11.4 Å². The van der Waals surface area contributed by atoms with Gasteiger partial charge in [0.25, 0.3) is 0 Å². The van der Waals surface area contributed by atoms with E-state index in [9.17, 15) is 0 Å². The summed E-state index contributed by atoms with van der Waals surface area (Å²) in [4.78, 5) is 0. The first-order chi connectivity index (χ1) is 12.9. The zero-order chi connectivity index (χ0) is 17.3. The smallest absolute Gasteiger partial charge is 0.0426 e. The van der Waals surface area contributed by atoms with Crippen LogP contribution >= 0.6 is 0 Å². The lowest BCUT2D eigenvalue weighted by atomic mass is 9.88. The average molecular weight is 333 g/mol. The number of anilines is 2. The van der Waals surface area contributed by atoms with Crippen molar-refractivity contribution in [1.82, 2.24) is 0 Å². The highest BCUT2D eigenvalue weighted by Crippen LogP contribution is 2.49. The molecule has 0 fully saturated rings. The molecule has 0 radical (unpaired) electrons. The van der Waals surface area contributed by atoms with Gasteiger partial charge in [-0.05, 0) is 46.0 Å². The van der Waals surface area contributed by atoms with E-state index in [1.807, 2.05) is 6.07 Å². The topological polar surface area (TPSA) is 12.0 Å². The molecule has 0 saturated carbocycles. The Morgan fingerprint density at radius 3 is 1.62 bits per heavy atom. The fourth-order valence-corrected chi connectivity index (χ4v) is 4.03. The number of fused-ring (bicyclic) bond motifs is 3. The molecule has 124 valence electrons. The Bertz CT molecular complexity index is 1020.